The van der Waals surface area contributed by atoms with Gasteiger partial charge in [-0.05, 0) is 74.4 Å². The number of methoxy groups -OCH3 is 1. The summed E-state index contributed by atoms with van der Waals surface area (Å²) < 4.78 is 7.74. The summed E-state index contributed by atoms with van der Waals surface area (Å²) in [4.78, 5) is 0. The second-order valence-electron chi connectivity index (χ2n) is 7.06. The third-order valence-electron chi connectivity index (χ3n) is 5.22. The molecule has 0 N–H and O–H groups in total. The van der Waals surface area contributed by atoms with E-state index < -0.39 is 0 Å². The predicted octanol–water partition coefficient (Wildman–Crippen LogP) is 6.35. The summed E-state index contributed by atoms with van der Waals surface area (Å²) in [5, 5.41) is 1.36. The van der Waals surface area contributed by atoms with Gasteiger partial charge in [0.1, 0.15) is 5.75 Å². The quantitative estimate of drug-likeness (QED) is 0.545. The Morgan fingerprint density at radius 3 is 2.48 bits per heavy atom. The highest BCUT2D eigenvalue weighted by Gasteiger charge is 2.16. The maximum atomic E-state index is 5.32. The van der Waals surface area contributed by atoms with Gasteiger partial charge in [0.25, 0.3) is 0 Å². The van der Waals surface area contributed by atoms with Crippen LogP contribution in [0.25, 0.3) is 27.7 Å². The van der Waals surface area contributed by atoms with Crippen LogP contribution in [0.1, 0.15) is 36.8 Å². The van der Waals surface area contributed by atoms with Crippen molar-refractivity contribution in [2.24, 2.45) is 0 Å². The molecule has 0 fully saturated rings. The largest absolute Gasteiger partial charge is 0.497 e. The van der Waals surface area contributed by atoms with E-state index in [-0.39, 0.29) is 0 Å². The van der Waals surface area contributed by atoms with Crippen LogP contribution < -0.4 is 4.74 Å². The van der Waals surface area contributed by atoms with Gasteiger partial charge in [-0.15, -0.1) is 0 Å². The van der Waals surface area contributed by atoms with Crippen LogP contribution in [0.2, 0.25) is 0 Å². The van der Waals surface area contributed by atoms with Gasteiger partial charge in [-0.2, -0.15) is 0 Å². The summed E-state index contributed by atoms with van der Waals surface area (Å²) in [5.41, 5.74) is 7.99. The molecule has 1 heterocycles. The molecule has 2 heteroatoms. The topological polar surface area (TPSA) is 14.2 Å². The molecule has 0 amide bonds. The van der Waals surface area contributed by atoms with Gasteiger partial charge < -0.3 is 9.30 Å². The first kappa shape index (κ1) is 16.0. The molecule has 2 aromatic carbocycles. The van der Waals surface area contributed by atoms with E-state index in [0.717, 1.165) is 5.75 Å². The molecular formula is C23H25NO. The highest BCUT2D eigenvalue weighted by molar-refractivity contribution is 6.00. The maximum absolute atomic E-state index is 5.32. The molecule has 1 aliphatic carbocycles. The molecule has 0 saturated heterocycles. The summed E-state index contributed by atoms with van der Waals surface area (Å²) in [6, 6.07) is 13.0. The van der Waals surface area contributed by atoms with E-state index in [1.165, 1.54) is 64.5 Å². The number of rotatable bonds is 3. The van der Waals surface area contributed by atoms with Gasteiger partial charge in [-0.25, -0.2) is 0 Å². The van der Waals surface area contributed by atoms with E-state index in [9.17, 15) is 0 Å². The van der Waals surface area contributed by atoms with Gasteiger partial charge in [0.2, 0.25) is 0 Å². The number of hydrogen-bond donors (Lipinski definition) is 0. The first-order valence-electron chi connectivity index (χ1n) is 9.13. The monoisotopic (exact) mass is 331 g/mol. The molecule has 0 spiro atoms. The number of benzene rings is 2. The van der Waals surface area contributed by atoms with Crippen LogP contribution in [0.4, 0.5) is 0 Å². The number of ether oxygens (including phenoxy) is 1. The smallest absolute Gasteiger partial charge is 0.118 e. The molecular weight excluding hydrogens is 306 g/mol. The van der Waals surface area contributed by atoms with Crippen molar-refractivity contribution in [3.05, 3.63) is 59.8 Å². The molecule has 128 valence electrons. The number of aryl methyl sites for hydroxylation is 2. The fourth-order valence-corrected chi connectivity index (χ4v) is 4.02. The van der Waals surface area contributed by atoms with Gasteiger partial charge in [-0.3, -0.25) is 0 Å². The van der Waals surface area contributed by atoms with Gasteiger partial charge in [0, 0.05) is 22.8 Å². The Hall–Kier alpha value is -2.48. The van der Waals surface area contributed by atoms with Crippen molar-refractivity contribution >= 4 is 16.6 Å². The zero-order valence-corrected chi connectivity index (χ0v) is 15.3. The molecule has 0 bridgehead atoms. The molecule has 1 aromatic heterocycles. The first-order chi connectivity index (χ1) is 12.2. The lowest BCUT2D eigenvalue weighted by Gasteiger charge is -2.15. The minimum Gasteiger partial charge on any atom is -0.497 e. The van der Waals surface area contributed by atoms with Crippen LogP contribution in [0.5, 0.6) is 5.75 Å². The highest BCUT2D eigenvalue weighted by Crippen LogP contribution is 2.37. The Kier molecular flexibility index (Phi) is 4.12. The van der Waals surface area contributed by atoms with Crippen LogP contribution in [-0.2, 0) is 0 Å². The van der Waals surface area contributed by atoms with Crippen molar-refractivity contribution in [3.8, 4) is 16.9 Å². The van der Waals surface area contributed by atoms with E-state index in [0.29, 0.717) is 0 Å². The summed E-state index contributed by atoms with van der Waals surface area (Å²) in [5.74, 6) is 0.898. The average molecular weight is 331 g/mol. The normalized spacial score (nSPS) is 14.6. The minimum atomic E-state index is 0.898. The molecule has 2 nitrogen and oxygen atoms in total. The first-order valence-corrected chi connectivity index (χ1v) is 9.13. The van der Waals surface area contributed by atoms with E-state index in [1.54, 1.807) is 7.11 Å². The van der Waals surface area contributed by atoms with Crippen molar-refractivity contribution in [2.45, 2.75) is 39.5 Å². The van der Waals surface area contributed by atoms with Crippen LogP contribution >= 0.6 is 0 Å². The number of allylic oxidation sites excluding steroid dienone is 2. The Labute approximate surface area is 149 Å². The van der Waals surface area contributed by atoms with E-state index in [1.807, 2.05) is 12.1 Å². The molecule has 1 aliphatic rings. The number of fused-ring (bicyclic) bond motifs is 1. The van der Waals surface area contributed by atoms with Crippen molar-refractivity contribution in [3.63, 3.8) is 0 Å². The average Bonchev–Trinajstić information content (AvgIpc) is 3.02. The number of aromatic nitrogens is 1. The lowest BCUT2D eigenvalue weighted by molar-refractivity contribution is 0.415. The predicted molar refractivity (Wildman–Crippen MR) is 106 cm³/mol. The summed E-state index contributed by atoms with van der Waals surface area (Å²) >= 11 is 0. The summed E-state index contributed by atoms with van der Waals surface area (Å²) in [6.45, 7) is 4.41. The van der Waals surface area contributed by atoms with Gasteiger partial charge in [0.05, 0.1) is 12.6 Å². The van der Waals surface area contributed by atoms with E-state index >= 15 is 0 Å². The van der Waals surface area contributed by atoms with Crippen molar-refractivity contribution in [1.29, 1.82) is 0 Å². The summed E-state index contributed by atoms with van der Waals surface area (Å²) in [7, 11) is 1.71. The SMILES string of the molecule is COc1ccc(-c2cn(C3=CCCCC3)c3cc(C)cc(C)c23)cc1. The fraction of sp³-hybridized carbons (Fsp3) is 0.304. The Bertz CT molecular complexity index is 944. The molecule has 0 radical (unpaired) electrons. The highest BCUT2D eigenvalue weighted by atomic mass is 16.5. The zero-order chi connectivity index (χ0) is 17.4. The van der Waals surface area contributed by atoms with E-state index in [4.69, 9.17) is 4.74 Å². The van der Waals surface area contributed by atoms with Gasteiger partial charge in [-0.1, -0.05) is 24.3 Å². The lowest BCUT2D eigenvalue weighted by Crippen LogP contribution is -1.99. The second-order valence-corrected chi connectivity index (χ2v) is 7.06. The van der Waals surface area contributed by atoms with Crippen LogP contribution in [-0.4, -0.2) is 11.7 Å². The molecule has 0 unspecified atom stereocenters. The Morgan fingerprint density at radius 1 is 1.00 bits per heavy atom. The fourth-order valence-electron chi connectivity index (χ4n) is 4.02. The van der Waals surface area contributed by atoms with Crippen molar-refractivity contribution < 1.29 is 4.74 Å². The van der Waals surface area contributed by atoms with Crippen LogP contribution in [0, 0.1) is 13.8 Å². The third-order valence-corrected chi connectivity index (χ3v) is 5.22. The third kappa shape index (κ3) is 2.86. The Morgan fingerprint density at radius 2 is 1.80 bits per heavy atom. The molecule has 3 aromatic rings. The maximum Gasteiger partial charge on any atom is 0.118 e. The van der Waals surface area contributed by atoms with Gasteiger partial charge in [0.15, 0.2) is 0 Å². The van der Waals surface area contributed by atoms with Crippen molar-refractivity contribution in [2.75, 3.05) is 7.11 Å². The minimum absolute atomic E-state index is 0.898. The van der Waals surface area contributed by atoms with Crippen molar-refractivity contribution in [1.82, 2.24) is 4.57 Å². The van der Waals surface area contributed by atoms with E-state index in [2.05, 4.69) is 55.0 Å². The number of nitrogens with zero attached hydrogens (tertiary/aromatic N) is 1. The zero-order valence-electron chi connectivity index (χ0n) is 15.3. The second kappa shape index (κ2) is 6.44. The molecule has 0 atom stereocenters. The Balaban J connectivity index is 1.96. The molecule has 25 heavy (non-hydrogen) atoms. The summed E-state index contributed by atoms with van der Waals surface area (Å²) in [6.07, 6.45) is 9.70. The molecule has 0 saturated carbocycles. The van der Waals surface area contributed by atoms with Gasteiger partial charge >= 0.3 is 0 Å². The number of hydrogen-bond acceptors (Lipinski definition) is 1. The van der Waals surface area contributed by atoms with Crippen LogP contribution in [0.3, 0.4) is 0 Å². The molecule has 0 aliphatic heterocycles. The lowest BCUT2D eigenvalue weighted by atomic mass is 10.00. The molecule has 4 rings (SSSR count). The van der Waals surface area contributed by atoms with Crippen LogP contribution in [0.15, 0.2) is 48.7 Å². The standard InChI is InChI=1S/C23H25NO/c1-16-13-17(2)23-21(18-9-11-20(25-3)12-10-18)15-24(22(23)14-16)19-7-5-4-6-8-19/h7,9-15H,4-6,8H2,1-3H3.